The first-order valence-electron chi connectivity index (χ1n) is 7.65. The maximum absolute atomic E-state index is 12.0. The second kappa shape index (κ2) is 7.07. The van der Waals surface area contributed by atoms with Crippen LogP contribution < -0.4 is 11.1 Å². The van der Waals surface area contributed by atoms with Gasteiger partial charge in [0.05, 0.1) is 12.4 Å². The smallest absolute Gasteiger partial charge is 0.235 e. The van der Waals surface area contributed by atoms with Crippen LogP contribution in [0.4, 0.5) is 0 Å². The zero-order chi connectivity index (χ0) is 15.5. The van der Waals surface area contributed by atoms with Crippen LogP contribution in [0.2, 0.25) is 0 Å². The van der Waals surface area contributed by atoms with Crippen LogP contribution in [-0.2, 0) is 19.4 Å². The number of amides is 1. The zero-order valence-corrected chi connectivity index (χ0v) is 13.4. The summed E-state index contributed by atoms with van der Waals surface area (Å²) in [6, 6.07) is 0.322. The van der Waals surface area contributed by atoms with E-state index < -0.39 is 15.6 Å². The monoisotopic (exact) mass is 318 g/mol. The molecule has 0 radical (unpaired) electrons. The number of carbonyl (C=O) groups excluding carboxylic acids is 1. The van der Waals surface area contributed by atoms with E-state index >= 15 is 0 Å². The van der Waals surface area contributed by atoms with Crippen LogP contribution >= 0.6 is 0 Å². The Labute approximate surface area is 126 Å². The predicted octanol–water partition coefficient (Wildman–Crippen LogP) is 0.0698. The van der Waals surface area contributed by atoms with Crippen LogP contribution in [0.5, 0.6) is 0 Å². The van der Waals surface area contributed by atoms with Crippen LogP contribution in [0.3, 0.4) is 0 Å². The Morgan fingerprint density at radius 2 is 1.90 bits per heavy atom. The van der Waals surface area contributed by atoms with Crippen molar-refractivity contribution in [3.8, 4) is 0 Å². The van der Waals surface area contributed by atoms with Gasteiger partial charge in [-0.3, -0.25) is 4.79 Å². The molecule has 122 valence electrons. The quantitative estimate of drug-likeness (QED) is 0.722. The highest BCUT2D eigenvalue weighted by Crippen LogP contribution is 2.39. The topological polar surface area (TPSA) is 98.5 Å². The van der Waals surface area contributed by atoms with Gasteiger partial charge in [0.15, 0.2) is 9.84 Å². The normalized spacial score (nSPS) is 32.7. The molecule has 0 heterocycles. The lowest BCUT2D eigenvalue weighted by Crippen LogP contribution is -2.54. The van der Waals surface area contributed by atoms with E-state index in [-0.39, 0.29) is 30.4 Å². The molecule has 2 aliphatic rings. The fourth-order valence-corrected chi connectivity index (χ4v) is 4.78. The van der Waals surface area contributed by atoms with Crippen molar-refractivity contribution in [2.75, 3.05) is 25.2 Å². The number of nitrogens with two attached hydrogens (primary N) is 1. The summed E-state index contributed by atoms with van der Waals surface area (Å²) in [5.74, 6) is -0.141. The molecule has 0 saturated heterocycles. The van der Waals surface area contributed by atoms with E-state index in [1.165, 1.54) is 13.5 Å². The molecule has 7 heteroatoms. The average molecular weight is 318 g/mol. The SMILES string of the molecule is COCCS(=O)(=O)CC(=O)NC1C2CCCC1CC(N)C2. The largest absolute Gasteiger partial charge is 0.384 e. The second-order valence-electron chi connectivity index (χ2n) is 6.36. The van der Waals surface area contributed by atoms with Crippen LogP contribution in [0.1, 0.15) is 32.1 Å². The highest BCUT2D eigenvalue weighted by atomic mass is 32.2. The predicted molar refractivity (Wildman–Crippen MR) is 80.5 cm³/mol. The van der Waals surface area contributed by atoms with Crippen LogP contribution in [-0.4, -0.2) is 51.6 Å². The summed E-state index contributed by atoms with van der Waals surface area (Å²) in [7, 11) is -1.94. The van der Waals surface area contributed by atoms with E-state index in [0.717, 1.165) is 25.7 Å². The van der Waals surface area contributed by atoms with Crippen LogP contribution in [0, 0.1) is 11.8 Å². The second-order valence-corrected chi connectivity index (χ2v) is 8.54. The number of methoxy groups -OCH3 is 1. The van der Waals surface area contributed by atoms with Gasteiger partial charge in [0.25, 0.3) is 0 Å². The zero-order valence-electron chi connectivity index (χ0n) is 12.6. The Morgan fingerprint density at radius 3 is 2.48 bits per heavy atom. The molecular formula is C14H26N2O4S. The van der Waals surface area contributed by atoms with Crippen molar-refractivity contribution >= 4 is 15.7 Å². The van der Waals surface area contributed by atoms with E-state index in [1.807, 2.05) is 0 Å². The third-order valence-electron chi connectivity index (χ3n) is 4.65. The molecule has 6 nitrogen and oxygen atoms in total. The number of nitrogens with one attached hydrogen (secondary N) is 1. The van der Waals surface area contributed by atoms with Crippen LogP contribution in [0.25, 0.3) is 0 Å². The number of sulfone groups is 1. The Hall–Kier alpha value is -0.660. The van der Waals surface area contributed by atoms with Crippen molar-refractivity contribution in [2.24, 2.45) is 17.6 Å². The summed E-state index contributed by atoms with van der Waals surface area (Å²) in [4.78, 5) is 12.0. The van der Waals surface area contributed by atoms with Crippen molar-refractivity contribution in [2.45, 2.75) is 44.2 Å². The number of hydrogen-bond donors (Lipinski definition) is 2. The molecule has 2 atom stereocenters. The van der Waals surface area contributed by atoms with Gasteiger partial charge in [-0.25, -0.2) is 8.42 Å². The van der Waals surface area contributed by atoms with Crippen molar-refractivity contribution in [3.05, 3.63) is 0 Å². The summed E-state index contributed by atoms with van der Waals surface area (Å²) in [6.45, 7) is 0.124. The van der Waals surface area contributed by atoms with E-state index in [9.17, 15) is 13.2 Å². The Morgan fingerprint density at radius 1 is 1.29 bits per heavy atom. The summed E-state index contributed by atoms with van der Waals surface area (Å²) in [5, 5.41) is 2.96. The molecule has 21 heavy (non-hydrogen) atoms. The lowest BCUT2D eigenvalue weighted by molar-refractivity contribution is -0.120. The molecule has 2 aliphatic carbocycles. The highest BCUT2D eigenvalue weighted by molar-refractivity contribution is 7.92. The van der Waals surface area contributed by atoms with E-state index in [2.05, 4.69) is 5.32 Å². The standard InChI is InChI=1S/C14H26N2O4S/c1-20-5-6-21(18,19)9-13(17)16-14-10-3-2-4-11(14)8-12(15)7-10/h10-12,14H,2-9,15H2,1H3,(H,16,17). The Balaban J connectivity index is 1.90. The van der Waals surface area contributed by atoms with E-state index in [0.29, 0.717) is 11.8 Å². The lowest BCUT2D eigenvalue weighted by atomic mass is 9.67. The van der Waals surface area contributed by atoms with Crippen molar-refractivity contribution in [3.63, 3.8) is 0 Å². The molecule has 0 aromatic rings. The molecule has 0 aromatic heterocycles. The summed E-state index contributed by atoms with van der Waals surface area (Å²) >= 11 is 0. The molecule has 2 unspecified atom stereocenters. The molecule has 0 aliphatic heterocycles. The summed E-state index contributed by atoms with van der Waals surface area (Å²) in [6.07, 6.45) is 5.19. The van der Waals surface area contributed by atoms with Crippen molar-refractivity contribution in [1.82, 2.24) is 5.32 Å². The molecule has 2 fully saturated rings. The first-order valence-corrected chi connectivity index (χ1v) is 9.47. The third kappa shape index (κ3) is 4.66. The summed E-state index contributed by atoms with van der Waals surface area (Å²) in [5.41, 5.74) is 6.05. The molecule has 2 bridgehead atoms. The van der Waals surface area contributed by atoms with Gasteiger partial charge in [0, 0.05) is 19.2 Å². The molecule has 2 saturated carbocycles. The average Bonchev–Trinajstić information content (AvgIpc) is 2.37. The van der Waals surface area contributed by atoms with Gasteiger partial charge >= 0.3 is 0 Å². The first kappa shape index (κ1) is 16.7. The maximum atomic E-state index is 12.0. The molecule has 0 aromatic carbocycles. The van der Waals surface area contributed by atoms with Gasteiger partial charge in [-0.05, 0) is 37.5 Å². The number of ether oxygens (including phenoxy) is 1. The van der Waals surface area contributed by atoms with E-state index in [4.69, 9.17) is 10.5 Å². The van der Waals surface area contributed by atoms with Gasteiger partial charge in [-0.15, -0.1) is 0 Å². The van der Waals surface area contributed by atoms with Gasteiger partial charge in [-0.2, -0.15) is 0 Å². The van der Waals surface area contributed by atoms with Gasteiger partial charge in [0.1, 0.15) is 5.75 Å². The fraction of sp³-hybridized carbons (Fsp3) is 0.929. The number of carbonyl (C=O) groups is 1. The van der Waals surface area contributed by atoms with Gasteiger partial charge in [0.2, 0.25) is 5.91 Å². The lowest BCUT2D eigenvalue weighted by Gasteiger charge is -2.45. The van der Waals surface area contributed by atoms with Crippen molar-refractivity contribution in [1.29, 1.82) is 0 Å². The van der Waals surface area contributed by atoms with Crippen LogP contribution in [0.15, 0.2) is 0 Å². The molecule has 3 N–H and O–H groups in total. The minimum Gasteiger partial charge on any atom is -0.384 e. The number of hydrogen-bond acceptors (Lipinski definition) is 5. The first-order chi connectivity index (χ1) is 9.91. The van der Waals surface area contributed by atoms with E-state index in [1.54, 1.807) is 0 Å². The fourth-order valence-electron chi connectivity index (χ4n) is 3.73. The minimum absolute atomic E-state index is 0.101. The minimum atomic E-state index is -3.39. The number of fused-ring (bicyclic) bond motifs is 2. The molecular weight excluding hydrogens is 292 g/mol. The number of rotatable bonds is 6. The maximum Gasteiger partial charge on any atom is 0.235 e. The molecule has 1 amide bonds. The molecule has 2 rings (SSSR count). The van der Waals surface area contributed by atoms with Crippen molar-refractivity contribution < 1.29 is 17.9 Å². The van der Waals surface area contributed by atoms with Gasteiger partial charge < -0.3 is 15.8 Å². The molecule has 0 spiro atoms. The Kier molecular flexibility index (Phi) is 5.62. The Bertz CT molecular complexity index is 452. The summed E-state index contributed by atoms with van der Waals surface area (Å²) < 4.78 is 28.3. The third-order valence-corrected chi connectivity index (χ3v) is 6.14. The highest BCUT2D eigenvalue weighted by Gasteiger charge is 2.40. The van der Waals surface area contributed by atoms with Gasteiger partial charge in [-0.1, -0.05) is 6.42 Å².